The Hall–Kier alpha value is -1.90. The minimum atomic E-state index is -0.573. The molecule has 0 atom stereocenters. The minimum absolute atomic E-state index is 0.0285. The molecule has 1 heterocycles. The number of esters is 1. The van der Waals surface area contributed by atoms with E-state index >= 15 is 0 Å². The van der Waals surface area contributed by atoms with Gasteiger partial charge in [0.05, 0.1) is 25.5 Å². The summed E-state index contributed by atoms with van der Waals surface area (Å²) >= 11 is 3.13. The number of ether oxygens (including phenoxy) is 1. The Labute approximate surface area is 130 Å². The maximum atomic E-state index is 12.0. The molecule has 0 bridgehead atoms. The van der Waals surface area contributed by atoms with Gasteiger partial charge in [-0.2, -0.15) is 5.10 Å². The Kier molecular flexibility index (Phi) is 6.86. The number of halogens is 1. The van der Waals surface area contributed by atoms with Gasteiger partial charge in [0.2, 0.25) is 5.91 Å². The van der Waals surface area contributed by atoms with Gasteiger partial charge in [0.1, 0.15) is 11.0 Å². The second kappa shape index (κ2) is 8.40. The maximum Gasteiger partial charge on any atom is 0.327 e. The van der Waals surface area contributed by atoms with Crippen LogP contribution in [0.2, 0.25) is 0 Å². The van der Waals surface area contributed by atoms with Crippen molar-refractivity contribution in [2.75, 3.05) is 25.5 Å². The van der Waals surface area contributed by atoms with Crippen LogP contribution < -0.4 is 16.2 Å². The highest BCUT2D eigenvalue weighted by atomic mass is 79.9. The van der Waals surface area contributed by atoms with Crippen molar-refractivity contribution < 1.29 is 14.3 Å². The predicted molar refractivity (Wildman–Crippen MR) is 80.0 cm³/mol. The van der Waals surface area contributed by atoms with Gasteiger partial charge in [-0.3, -0.25) is 14.4 Å². The summed E-state index contributed by atoms with van der Waals surface area (Å²) in [5.74, 6) is -0.751. The average Bonchev–Trinajstić information content (AvgIpc) is 2.48. The van der Waals surface area contributed by atoms with Crippen LogP contribution in [0.1, 0.15) is 13.3 Å². The van der Waals surface area contributed by atoms with Crippen LogP contribution in [0.25, 0.3) is 0 Å². The summed E-state index contributed by atoms with van der Waals surface area (Å²) in [6, 6.07) is 0. The standard InChI is InChI=1S/C12H17BrN4O4/c1-3-4-14-9(18)6-15-8-5-16-17(7-10(19)21-2)12(20)11(8)13/h5,15H,3-4,6-7H2,1-2H3,(H,14,18). The monoisotopic (exact) mass is 360 g/mol. The molecule has 0 radical (unpaired) electrons. The summed E-state index contributed by atoms with van der Waals surface area (Å²) in [6.07, 6.45) is 2.21. The molecule has 1 aromatic rings. The number of hydrogen-bond acceptors (Lipinski definition) is 6. The molecule has 116 valence electrons. The SMILES string of the molecule is CCCNC(=O)CNc1cnn(CC(=O)OC)c(=O)c1Br. The number of amides is 1. The fraction of sp³-hybridized carbons (Fsp3) is 0.500. The molecule has 0 aromatic carbocycles. The molecule has 9 heteroatoms. The quantitative estimate of drug-likeness (QED) is 0.669. The highest BCUT2D eigenvalue weighted by Crippen LogP contribution is 2.15. The van der Waals surface area contributed by atoms with Gasteiger partial charge < -0.3 is 15.4 Å². The average molecular weight is 361 g/mol. The van der Waals surface area contributed by atoms with Crippen molar-refractivity contribution in [1.29, 1.82) is 0 Å². The van der Waals surface area contributed by atoms with E-state index in [1.54, 1.807) is 0 Å². The lowest BCUT2D eigenvalue weighted by Gasteiger charge is -2.10. The molecule has 1 amide bonds. The molecular formula is C12H17BrN4O4. The van der Waals surface area contributed by atoms with E-state index in [1.165, 1.54) is 13.3 Å². The van der Waals surface area contributed by atoms with E-state index in [4.69, 9.17) is 0 Å². The minimum Gasteiger partial charge on any atom is -0.468 e. The summed E-state index contributed by atoms with van der Waals surface area (Å²) in [6.45, 7) is 2.31. The van der Waals surface area contributed by atoms with Crippen molar-refractivity contribution in [3.05, 3.63) is 21.0 Å². The molecule has 0 aliphatic heterocycles. The van der Waals surface area contributed by atoms with Crippen LogP contribution in [-0.4, -0.2) is 41.9 Å². The third-order valence-corrected chi connectivity index (χ3v) is 3.27. The first kappa shape index (κ1) is 17.2. The summed E-state index contributed by atoms with van der Waals surface area (Å²) in [5.41, 5.74) is -0.105. The number of nitrogens with one attached hydrogen (secondary N) is 2. The van der Waals surface area contributed by atoms with E-state index in [1.807, 2.05) is 6.92 Å². The highest BCUT2D eigenvalue weighted by molar-refractivity contribution is 9.10. The van der Waals surface area contributed by atoms with Crippen LogP contribution >= 0.6 is 15.9 Å². The zero-order valence-corrected chi connectivity index (χ0v) is 13.4. The number of hydrogen-bond donors (Lipinski definition) is 2. The third kappa shape index (κ3) is 5.18. The van der Waals surface area contributed by atoms with Crippen molar-refractivity contribution in [3.8, 4) is 0 Å². The Morgan fingerprint density at radius 2 is 2.19 bits per heavy atom. The number of nitrogens with zero attached hydrogens (tertiary/aromatic N) is 2. The van der Waals surface area contributed by atoms with Gasteiger partial charge in [0.25, 0.3) is 5.56 Å². The van der Waals surface area contributed by atoms with E-state index in [0.717, 1.165) is 11.1 Å². The molecule has 0 aliphatic rings. The first-order valence-electron chi connectivity index (χ1n) is 6.32. The lowest BCUT2D eigenvalue weighted by Crippen LogP contribution is -2.32. The van der Waals surface area contributed by atoms with Gasteiger partial charge >= 0.3 is 5.97 Å². The van der Waals surface area contributed by atoms with Crippen LogP contribution in [0.4, 0.5) is 5.69 Å². The lowest BCUT2D eigenvalue weighted by molar-refractivity contribution is -0.141. The van der Waals surface area contributed by atoms with Crippen LogP contribution in [0, 0.1) is 0 Å². The summed E-state index contributed by atoms with van der Waals surface area (Å²) in [7, 11) is 1.23. The second-order valence-corrected chi connectivity index (χ2v) is 4.91. The molecule has 0 aliphatic carbocycles. The van der Waals surface area contributed by atoms with E-state index in [0.29, 0.717) is 12.2 Å². The van der Waals surface area contributed by atoms with Crippen LogP contribution in [0.3, 0.4) is 0 Å². The molecule has 1 rings (SSSR count). The maximum absolute atomic E-state index is 12.0. The number of carbonyl (C=O) groups excluding carboxylic acids is 2. The van der Waals surface area contributed by atoms with Crippen molar-refractivity contribution >= 4 is 33.5 Å². The lowest BCUT2D eigenvalue weighted by atomic mass is 10.4. The van der Waals surface area contributed by atoms with Crippen molar-refractivity contribution in [1.82, 2.24) is 15.1 Å². The topological polar surface area (TPSA) is 102 Å². The summed E-state index contributed by atoms with van der Waals surface area (Å²) < 4.78 is 5.64. The first-order valence-corrected chi connectivity index (χ1v) is 7.11. The molecule has 21 heavy (non-hydrogen) atoms. The van der Waals surface area contributed by atoms with Crippen molar-refractivity contribution in [2.24, 2.45) is 0 Å². The van der Waals surface area contributed by atoms with E-state index in [9.17, 15) is 14.4 Å². The van der Waals surface area contributed by atoms with Gasteiger partial charge in [0, 0.05) is 6.54 Å². The van der Waals surface area contributed by atoms with Crippen LogP contribution in [0.5, 0.6) is 0 Å². The van der Waals surface area contributed by atoms with Crippen molar-refractivity contribution in [2.45, 2.75) is 19.9 Å². The summed E-state index contributed by atoms with van der Waals surface area (Å²) in [4.78, 5) is 34.6. The molecule has 2 N–H and O–H groups in total. The number of carbonyl (C=O) groups is 2. The van der Waals surface area contributed by atoms with Gasteiger partial charge in [-0.05, 0) is 22.4 Å². The van der Waals surface area contributed by atoms with Gasteiger partial charge in [-0.25, -0.2) is 4.68 Å². The molecule has 0 unspecified atom stereocenters. The Morgan fingerprint density at radius 3 is 2.81 bits per heavy atom. The first-order chi connectivity index (χ1) is 9.99. The third-order valence-electron chi connectivity index (χ3n) is 2.50. The number of anilines is 1. The number of rotatable bonds is 7. The Bertz CT molecular complexity index is 573. The molecule has 0 saturated carbocycles. The Balaban J connectivity index is 2.73. The van der Waals surface area contributed by atoms with Gasteiger partial charge in [-0.15, -0.1) is 0 Å². The molecule has 1 aromatic heterocycles. The van der Waals surface area contributed by atoms with E-state index in [2.05, 4.69) is 36.4 Å². The highest BCUT2D eigenvalue weighted by Gasteiger charge is 2.12. The smallest absolute Gasteiger partial charge is 0.327 e. The van der Waals surface area contributed by atoms with Gasteiger partial charge in [0.15, 0.2) is 0 Å². The van der Waals surface area contributed by atoms with Gasteiger partial charge in [-0.1, -0.05) is 6.92 Å². The van der Waals surface area contributed by atoms with E-state index < -0.39 is 11.5 Å². The molecular weight excluding hydrogens is 344 g/mol. The van der Waals surface area contributed by atoms with E-state index in [-0.39, 0.29) is 23.5 Å². The summed E-state index contributed by atoms with van der Waals surface area (Å²) in [5, 5.41) is 9.35. The normalized spacial score (nSPS) is 10.0. The molecule has 0 spiro atoms. The fourth-order valence-electron chi connectivity index (χ4n) is 1.39. The van der Waals surface area contributed by atoms with Crippen molar-refractivity contribution in [3.63, 3.8) is 0 Å². The zero-order valence-electron chi connectivity index (χ0n) is 11.8. The van der Waals surface area contributed by atoms with Crippen LogP contribution in [0.15, 0.2) is 15.5 Å². The predicted octanol–water partition coefficient (Wildman–Crippen LogP) is 0.117. The molecule has 0 fully saturated rings. The van der Waals surface area contributed by atoms with Crippen LogP contribution in [-0.2, 0) is 20.9 Å². The second-order valence-electron chi connectivity index (χ2n) is 4.11. The molecule has 8 nitrogen and oxygen atoms in total. The number of methoxy groups -OCH3 is 1. The fourth-order valence-corrected chi connectivity index (χ4v) is 1.84. The largest absolute Gasteiger partial charge is 0.468 e. The zero-order chi connectivity index (χ0) is 15.8. The molecule has 0 saturated heterocycles. The number of aromatic nitrogens is 2. The Morgan fingerprint density at radius 1 is 1.48 bits per heavy atom.